The van der Waals surface area contributed by atoms with Crippen LogP contribution in [0, 0.1) is 0 Å². The molecule has 2 aromatic heterocycles. The van der Waals surface area contributed by atoms with Crippen LogP contribution in [-0.2, 0) is 13.6 Å². The molecule has 0 aliphatic heterocycles. The largest absolute Gasteiger partial charge is 0.504 e. The Labute approximate surface area is 141 Å². The van der Waals surface area contributed by atoms with Crippen LogP contribution in [0.5, 0.6) is 11.5 Å². The molecule has 0 saturated heterocycles. The Morgan fingerprint density at radius 1 is 1.29 bits per heavy atom. The zero-order chi connectivity index (χ0) is 17.6. The smallest absolute Gasteiger partial charge is 0.329 e. The highest BCUT2D eigenvalue weighted by atomic mass is 79.9. The van der Waals surface area contributed by atoms with Gasteiger partial charge in [0.25, 0.3) is 5.56 Å². The van der Waals surface area contributed by atoms with Crippen molar-refractivity contribution in [2.45, 2.75) is 6.54 Å². The van der Waals surface area contributed by atoms with Gasteiger partial charge in [-0.15, -0.1) is 0 Å². The molecule has 0 unspecified atom stereocenters. The van der Waals surface area contributed by atoms with Crippen LogP contribution < -0.4 is 11.2 Å². The van der Waals surface area contributed by atoms with Crippen molar-refractivity contribution in [1.29, 1.82) is 0 Å². The summed E-state index contributed by atoms with van der Waals surface area (Å²) in [4.78, 5) is 42.3. The number of fused-ring (bicyclic) bond motifs is 1. The molecule has 0 fully saturated rings. The van der Waals surface area contributed by atoms with Gasteiger partial charge in [-0.25, -0.2) is 9.78 Å². The summed E-state index contributed by atoms with van der Waals surface area (Å²) in [5.41, 5.74) is -0.912. The number of aromatic nitrogens is 4. The molecule has 2 heterocycles. The van der Waals surface area contributed by atoms with Gasteiger partial charge in [-0.2, -0.15) is 0 Å². The van der Waals surface area contributed by atoms with Crippen LogP contribution in [0.15, 0.2) is 32.5 Å². The van der Waals surface area contributed by atoms with E-state index in [1.165, 1.54) is 23.7 Å². The van der Waals surface area contributed by atoms with Crippen LogP contribution in [0.3, 0.4) is 0 Å². The van der Waals surface area contributed by atoms with Crippen molar-refractivity contribution in [3.8, 4) is 11.5 Å². The first kappa shape index (κ1) is 16.0. The van der Waals surface area contributed by atoms with Gasteiger partial charge >= 0.3 is 5.69 Å². The Kier molecular flexibility index (Phi) is 3.76. The summed E-state index contributed by atoms with van der Waals surface area (Å²) in [5.74, 6) is -1.18. The molecular weight excluding hydrogens is 384 g/mol. The molecule has 3 N–H and O–H groups in total. The maximum atomic E-state index is 12.4. The molecule has 0 aliphatic rings. The van der Waals surface area contributed by atoms with E-state index in [0.29, 0.717) is 0 Å². The zero-order valence-corrected chi connectivity index (χ0v) is 13.9. The Morgan fingerprint density at radius 3 is 2.67 bits per heavy atom. The summed E-state index contributed by atoms with van der Waals surface area (Å²) < 4.78 is 2.69. The van der Waals surface area contributed by atoms with E-state index in [4.69, 9.17) is 0 Å². The molecule has 0 bridgehead atoms. The third kappa shape index (κ3) is 2.50. The van der Waals surface area contributed by atoms with Gasteiger partial charge in [0.15, 0.2) is 33.2 Å². The molecule has 24 heavy (non-hydrogen) atoms. The summed E-state index contributed by atoms with van der Waals surface area (Å²) >= 11 is 3.17. The lowest BCUT2D eigenvalue weighted by molar-refractivity contribution is 0.0972. The minimum Gasteiger partial charge on any atom is -0.504 e. The number of aromatic amines is 1. The maximum absolute atomic E-state index is 12.4. The van der Waals surface area contributed by atoms with E-state index in [-0.39, 0.29) is 33.8 Å². The summed E-state index contributed by atoms with van der Waals surface area (Å²) in [6.07, 6.45) is 0. The van der Waals surface area contributed by atoms with Crippen LogP contribution >= 0.6 is 15.9 Å². The zero-order valence-electron chi connectivity index (χ0n) is 12.3. The first-order valence-electron chi connectivity index (χ1n) is 6.70. The van der Waals surface area contributed by atoms with Crippen molar-refractivity contribution in [3.63, 3.8) is 0 Å². The van der Waals surface area contributed by atoms with Crippen molar-refractivity contribution >= 4 is 32.9 Å². The second-order valence-corrected chi connectivity index (χ2v) is 5.79. The van der Waals surface area contributed by atoms with Crippen molar-refractivity contribution in [1.82, 2.24) is 19.1 Å². The van der Waals surface area contributed by atoms with Crippen molar-refractivity contribution in [2.75, 3.05) is 0 Å². The van der Waals surface area contributed by atoms with Gasteiger partial charge in [0.1, 0.15) is 0 Å². The summed E-state index contributed by atoms with van der Waals surface area (Å²) in [6, 6.07) is 3.68. The Hall–Kier alpha value is -2.88. The quantitative estimate of drug-likeness (QED) is 0.336. The average Bonchev–Trinajstić information content (AvgIpc) is 2.85. The molecule has 124 valence electrons. The van der Waals surface area contributed by atoms with E-state index in [1.54, 1.807) is 0 Å². The van der Waals surface area contributed by atoms with E-state index in [9.17, 15) is 24.6 Å². The third-order valence-electron chi connectivity index (χ3n) is 3.56. The molecule has 0 spiro atoms. The number of nitrogens with zero attached hydrogens (tertiary/aromatic N) is 3. The van der Waals surface area contributed by atoms with Gasteiger partial charge in [-0.3, -0.25) is 19.1 Å². The number of phenolic OH excluding ortho intramolecular Hbond substituents is 2. The number of Topliss-reactive ketones (excluding diaryl/α,β-unsaturated/α-hetero) is 1. The van der Waals surface area contributed by atoms with Crippen LogP contribution in [0.2, 0.25) is 0 Å². The normalized spacial score (nSPS) is 11.1. The fourth-order valence-electron chi connectivity index (χ4n) is 2.28. The highest BCUT2D eigenvalue weighted by Gasteiger charge is 2.19. The number of ketones is 1. The van der Waals surface area contributed by atoms with Gasteiger partial charge in [-0.05, 0) is 34.1 Å². The van der Waals surface area contributed by atoms with Gasteiger partial charge in [0.2, 0.25) is 0 Å². The number of carbonyl (C=O) groups is 1. The number of H-pyrrole nitrogens is 1. The van der Waals surface area contributed by atoms with Crippen molar-refractivity contribution < 1.29 is 15.0 Å². The van der Waals surface area contributed by atoms with Crippen molar-refractivity contribution in [2.24, 2.45) is 7.05 Å². The number of phenols is 2. The molecule has 0 amide bonds. The monoisotopic (exact) mass is 394 g/mol. The molecular formula is C14H11BrN4O5. The number of aryl methyl sites for hydroxylation is 1. The number of rotatable bonds is 3. The molecule has 9 nitrogen and oxygen atoms in total. The molecule has 0 saturated carbocycles. The number of imidazole rings is 1. The topological polar surface area (TPSA) is 130 Å². The number of halogens is 1. The Balaban J connectivity index is 2.10. The number of hydrogen-bond acceptors (Lipinski definition) is 6. The molecule has 10 heteroatoms. The van der Waals surface area contributed by atoms with Gasteiger partial charge in [0.05, 0.1) is 6.54 Å². The molecule has 3 aromatic rings. The van der Waals surface area contributed by atoms with Crippen LogP contribution in [0.1, 0.15) is 10.4 Å². The first-order chi connectivity index (χ1) is 11.3. The maximum Gasteiger partial charge on any atom is 0.329 e. The predicted octanol–water partition coefficient (Wildman–Crippen LogP) is 0.480. The number of aromatic hydroxyl groups is 2. The van der Waals surface area contributed by atoms with Crippen molar-refractivity contribution in [3.05, 3.63) is 49.3 Å². The fourth-order valence-corrected chi connectivity index (χ4v) is 2.75. The van der Waals surface area contributed by atoms with Crippen LogP contribution in [0.4, 0.5) is 0 Å². The molecule has 3 rings (SSSR count). The van der Waals surface area contributed by atoms with E-state index >= 15 is 0 Å². The number of hydrogen-bond donors (Lipinski definition) is 3. The molecule has 1 aromatic carbocycles. The van der Waals surface area contributed by atoms with Gasteiger partial charge in [-0.1, -0.05) is 0 Å². The number of nitrogens with one attached hydrogen (secondary N) is 1. The van der Waals surface area contributed by atoms with E-state index in [0.717, 1.165) is 10.6 Å². The summed E-state index contributed by atoms with van der Waals surface area (Å²) in [7, 11) is 1.45. The summed E-state index contributed by atoms with van der Waals surface area (Å²) in [6.45, 7) is -0.247. The first-order valence-corrected chi connectivity index (χ1v) is 7.49. The van der Waals surface area contributed by atoms with E-state index in [1.807, 2.05) is 0 Å². The van der Waals surface area contributed by atoms with E-state index in [2.05, 4.69) is 25.9 Å². The lowest BCUT2D eigenvalue weighted by Gasteiger charge is -2.06. The third-order valence-corrected chi connectivity index (χ3v) is 4.17. The highest BCUT2D eigenvalue weighted by Crippen LogP contribution is 2.25. The molecule has 0 radical (unpaired) electrons. The molecule has 0 atom stereocenters. The SMILES string of the molecule is Cn1c(=O)[nH]c(=O)c2c1nc(Br)n2CC(=O)c1ccc(O)c(O)c1. The predicted molar refractivity (Wildman–Crippen MR) is 87.4 cm³/mol. The van der Waals surface area contributed by atoms with Crippen LogP contribution in [0.25, 0.3) is 11.2 Å². The standard InChI is InChI=1S/C14H11BrN4O5/c1-18-11-10(12(23)17-14(18)24)19(13(15)16-11)5-9(22)6-2-3-7(20)8(21)4-6/h2-4,20-21H,5H2,1H3,(H,17,23,24). The lowest BCUT2D eigenvalue weighted by atomic mass is 10.1. The fraction of sp³-hybridized carbons (Fsp3) is 0.143. The number of benzene rings is 1. The van der Waals surface area contributed by atoms with E-state index < -0.39 is 22.8 Å². The minimum absolute atomic E-state index is 0.0697. The Morgan fingerprint density at radius 2 is 2.00 bits per heavy atom. The second-order valence-electron chi connectivity index (χ2n) is 5.08. The lowest BCUT2D eigenvalue weighted by Crippen LogP contribution is -2.29. The average molecular weight is 395 g/mol. The summed E-state index contributed by atoms with van der Waals surface area (Å²) in [5, 5.41) is 18.8. The van der Waals surface area contributed by atoms with Gasteiger partial charge in [0, 0.05) is 12.6 Å². The number of carbonyl (C=O) groups excluding carboxylic acids is 1. The second kappa shape index (κ2) is 5.64. The molecule has 0 aliphatic carbocycles. The highest BCUT2D eigenvalue weighted by molar-refractivity contribution is 9.10. The van der Waals surface area contributed by atoms with Gasteiger partial charge < -0.3 is 14.8 Å². The Bertz CT molecular complexity index is 1090. The minimum atomic E-state index is -0.660. The van der Waals surface area contributed by atoms with Crippen LogP contribution in [-0.4, -0.2) is 35.1 Å².